The maximum absolute atomic E-state index is 13.9. The molecule has 6 heterocycles. The lowest BCUT2D eigenvalue weighted by Crippen LogP contribution is -2.16. The Bertz CT molecular complexity index is 2160. The summed E-state index contributed by atoms with van der Waals surface area (Å²) in [5.74, 6) is 2.08. The zero-order valence-corrected chi connectivity index (χ0v) is 23.8. The summed E-state index contributed by atoms with van der Waals surface area (Å²) in [6.07, 6.45) is 6.14. The van der Waals surface area contributed by atoms with Crippen LogP contribution >= 0.6 is 46.2 Å². The maximum atomic E-state index is 13.9. The van der Waals surface area contributed by atoms with Gasteiger partial charge in [-0.3, -0.25) is 18.4 Å². The van der Waals surface area contributed by atoms with Gasteiger partial charge in [0.2, 0.25) is 0 Å². The molecular formula is C28H20N4O2S4. The molecule has 0 N–H and O–H groups in total. The van der Waals surface area contributed by atoms with Crippen molar-refractivity contribution in [2.45, 2.75) is 12.8 Å². The second kappa shape index (κ2) is 8.29. The number of hydrogen-bond acceptors (Lipinski definition) is 8. The Morgan fingerprint density at radius 2 is 1.11 bits per heavy atom. The molecular weight excluding hydrogens is 553 g/mol. The van der Waals surface area contributed by atoms with Gasteiger partial charge in [0, 0.05) is 42.1 Å². The molecule has 0 saturated heterocycles. The van der Waals surface area contributed by atoms with E-state index in [0.29, 0.717) is 22.1 Å². The minimum atomic E-state index is -0.0892. The molecule has 0 aliphatic heterocycles. The van der Waals surface area contributed by atoms with Gasteiger partial charge in [-0.25, -0.2) is 9.97 Å². The van der Waals surface area contributed by atoms with Gasteiger partial charge in [0.05, 0.1) is 11.0 Å². The molecule has 0 atom stereocenters. The standard InChI is InChI=1S/C28H20N4O2S4/c1-35-9-7-13-11-19-25(37-13)29-23-15-3-6-18-22-16(4-5-17(21(15)22)27(33)31(19)23)24-30-26-20(32(24)28(18)34)12-14(38-26)8-10-36-2/h3-6,11-12H,7-10H2,1-2H3. The molecule has 6 aromatic heterocycles. The summed E-state index contributed by atoms with van der Waals surface area (Å²) in [6, 6.07) is 11.9. The number of rotatable bonds is 6. The van der Waals surface area contributed by atoms with Crippen molar-refractivity contribution in [1.29, 1.82) is 0 Å². The zero-order valence-electron chi connectivity index (χ0n) is 20.5. The summed E-state index contributed by atoms with van der Waals surface area (Å²) in [5, 5.41) is 4.62. The van der Waals surface area contributed by atoms with Gasteiger partial charge in [-0.15, -0.1) is 22.7 Å². The third kappa shape index (κ3) is 2.97. The number of nitrogens with zero attached hydrogens (tertiary/aromatic N) is 4. The Kier molecular flexibility index (Phi) is 5.02. The van der Waals surface area contributed by atoms with E-state index >= 15 is 0 Å². The largest absolute Gasteiger partial charge is 0.268 e. The van der Waals surface area contributed by atoms with Crippen LogP contribution in [0.25, 0.3) is 64.3 Å². The van der Waals surface area contributed by atoms with Crippen LogP contribution in [0, 0.1) is 0 Å². The first-order valence-corrected chi connectivity index (χ1v) is 16.7. The Balaban J connectivity index is 1.47. The van der Waals surface area contributed by atoms with E-state index in [0.717, 1.165) is 66.6 Å². The van der Waals surface area contributed by atoms with E-state index in [2.05, 4.69) is 24.6 Å². The monoisotopic (exact) mass is 572 g/mol. The fraction of sp³-hybridized carbons (Fsp3) is 0.214. The highest BCUT2D eigenvalue weighted by Crippen LogP contribution is 2.38. The van der Waals surface area contributed by atoms with Gasteiger partial charge in [-0.1, -0.05) is 0 Å². The summed E-state index contributed by atoms with van der Waals surface area (Å²) < 4.78 is 3.51. The van der Waals surface area contributed by atoms with Crippen molar-refractivity contribution in [2.75, 3.05) is 24.0 Å². The molecule has 8 rings (SSSR count). The van der Waals surface area contributed by atoms with Crippen molar-refractivity contribution in [2.24, 2.45) is 0 Å². The Morgan fingerprint density at radius 3 is 1.53 bits per heavy atom. The van der Waals surface area contributed by atoms with Gasteiger partial charge in [-0.05, 0) is 73.3 Å². The first-order valence-electron chi connectivity index (χ1n) is 12.3. The average molecular weight is 573 g/mol. The van der Waals surface area contributed by atoms with Crippen LogP contribution in [-0.4, -0.2) is 42.8 Å². The van der Waals surface area contributed by atoms with Crippen molar-refractivity contribution >= 4 is 111 Å². The number of aromatic nitrogens is 4. The first kappa shape index (κ1) is 23.0. The second-order valence-corrected chi connectivity index (χ2v) is 13.7. The van der Waals surface area contributed by atoms with E-state index in [1.54, 1.807) is 31.5 Å². The molecule has 0 aliphatic carbocycles. The van der Waals surface area contributed by atoms with E-state index in [9.17, 15) is 9.59 Å². The number of hydrogen-bond donors (Lipinski definition) is 0. The molecule has 6 nitrogen and oxygen atoms in total. The fourth-order valence-corrected chi connectivity index (χ4v) is 8.86. The number of fused-ring (bicyclic) bond motifs is 8. The van der Waals surface area contributed by atoms with Gasteiger partial charge in [0.15, 0.2) is 0 Å². The van der Waals surface area contributed by atoms with Crippen LogP contribution in [0.15, 0.2) is 46.0 Å². The highest BCUT2D eigenvalue weighted by Gasteiger charge is 2.23. The molecule has 0 fully saturated rings. The van der Waals surface area contributed by atoms with Crippen LogP contribution in [0.4, 0.5) is 0 Å². The van der Waals surface area contributed by atoms with Gasteiger partial charge >= 0.3 is 0 Å². The Hall–Kier alpha value is -2.92. The predicted octanol–water partition coefficient (Wildman–Crippen LogP) is 6.28. The van der Waals surface area contributed by atoms with Gasteiger partial charge < -0.3 is 0 Å². The Labute approximate surface area is 232 Å². The zero-order chi connectivity index (χ0) is 25.7. The number of aryl methyl sites for hydroxylation is 2. The molecule has 0 aliphatic rings. The SMILES string of the molecule is CSCCc1cc2c(nc3c4ccc5c(=O)n6c7cc(CCSC)sc7nc6c6ccc(c(=O)n23)c4c56)s1. The molecule has 0 bridgehead atoms. The van der Waals surface area contributed by atoms with Gasteiger partial charge in [-0.2, -0.15) is 23.5 Å². The number of thioether (sulfide) groups is 2. The molecule has 2 aromatic carbocycles. The van der Waals surface area contributed by atoms with Crippen LogP contribution < -0.4 is 11.1 Å². The topological polar surface area (TPSA) is 68.7 Å². The van der Waals surface area contributed by atoms with Crippen molar-refractivity contribution in [3.05, 3.63) is 66.9 Å². The minimum absolute atomic E-state index is 0.0892. The lowest BCUT2D eigenvalue weighted by Gasteiger charge is -2.12. The smallest absolute Gasteiger partial charge is 0.264 e. The first-order chi connectivity index (χ1) is 18.6. The van der Waals surface area contributed by atoms with E-state index in [-0.39, 0.29) is 11.1 Å². The van der Waals surface area contributed by atoms with E-state index < -0.39 is 0 Å². The van der Waals surface area contributed by atoms with E-state index in [1.807, 2.05) is 47.8 Å². The molecule has 188 valence electrons. The fourth-order valence-electron chi connectivity index (χ4n) is 5.73. The normalized spacial score (nSPS) is 12.8. The van der Waals surface area contributed by atoms with Crippen LogP contribution in [-0.2, 0) is 12.8 Å². The van der Waals surface area contributed by atoms with Gasteiger partial charge in [0.25, 0.3) is 11.1 Å². The lowest BCUT2D eigenvalue weighted by atomic mass is 9.96. The molecule has 0 radical (unpaired) electrons. The summed E-state index contributed by atoms with van der Waals surface area (Å²) in [4.78, 5) is 41.9. The molecule has 0 saturated carbocycles. The van der Waals surface area contributed by atoms with Crippen molar-refractivity contribution < 1.29 is 0 Å². The third-order valence-corrected chi connectivity index (χ3v) is 10.8. The number of thiophene rings is 2. The lowest BCUT2D eigenvalue weighted by molar-refractivity contribution is 1.17. The molecule has 0 spiro atoms. The van der Waals surface area contributed by atoms with Crippen LogP contribution in [0.5, 0.6) is 0 Å². The molecule has 0 unspecified atom stereocenters. The highest BCUT2D eigenvalue weighted by atomic mass is 32.2. The van der Waals surface area contributed by atoms with Crippen molar-refractivity contribution in [3.8, 4) is 0 Å². The molecule has 0 amide bonds. The van der Waals surface area contributed by atoms with Crippen LogP contribution in [0.3, 0.4) is 0 Å². The Morgan fingerprint density at radius 1 is 0.684 bits per heavy atom. The average Bonchev–Trinajstić information content (AvgIpc) is 3.66. The quantitative estimate of drug-likeness (QED) is 0.219. The number of pyridine rings is 2. The predicted molar refractivity (Wildman–Crippen MR) is 166 cm³/mol. The van der Waals surface area contributed by atoms with Crippen molar-refractivity contribution in [1.82, 2.24) is 18.8 Å². The number of imidazole rings is 2. The summed E-state index contributed by atoms with van der Waals surface area (Å²) >= 11 is 6.95. The second-order valence-electron chi connectivity index (χ2n) is 9.52. The van der Waals surface area contributed by atoms with E-state index in [4.69, 9.17) is 9.97 Å². The highest BCUT2D eigenvalue weighted by molar-refractivity contribution is 7.98. The number of benzene rings is 2. The van der Waals surface area contributed by atoms with Crippen LogP contribution in [0.2, 0.25) is 0 Å². The van der Waals surface area contributed by atoms with Gasteiger partial charge in [0.1, 0.15) is 21.0 Å². The minimum Gasteiger partial charge on any atom is -0.268 e. The molecule has 10 heteroatoms. The van der Waals surface area contributed by atoms with Crippen molar-refractivity contribution in [3.63, 3.8) is 0 Å². The summed E-state index contributed by atoms with van der Waals surface area (Å²) in [6.45, 7) is 0. The molecule has 38 heavy (non-hydrogen) atoms. The maximum Gasteiger partial charge on any atom is 0.264 e. The summed E-state index contributed by atoms with van der Waals surface area (Å²) in [5.41, 5.74) is 2.88. The van der Waals surface area contributed by atoms with Crippen LogP contribution in [0.1, 0.15) is 9.75 Å². The molecule has 8 aromatic rings. The van der Waals surface area contributed by atoms with E-state index in [1.165, 1.54) is 9.75 Å². The summed E-state index contributed by atoms with van der Waals surface area (Å²) in [7, 11) is 0. The third-order valence-electron chi connectivity index (χ3n) is 7.42.